The van der Waals surface area contributed by atoms with Gasteiger partial charge in [-0.2, -0.15) is 0 Å². The van der Waals surface area contributed by atoms with Crippen molar-refractivity contribution in [1.82, 2.24) is 9.38 Å². The number of carbonyl (C=O) groups excluding carboxylic acids is 2. The van der Waals surface area contributed by atoms with Crippen molar-refractivity contribution in [2.24, 2.45) is 0 Å². The molecule has 0 radical (unpaired) electrons. The molecule has 148 valence electrons. The van der Waals surface area contributed by atoms with Crippen LogP contribution in [0.15, 0.2) is 18.3 Å². The molecule has 0 fully saturated rings. The smallest absolute Gasteiger partial charge is 0.341 e. The molecule has 1 N–H and O–H groups in total. The van der Waals surface area contributed by atoms with E-state index in [1.165, 1.54) is 11.3 Å². The molecule has 3 rings (SSSR count). The number of nitrogens with zero attached hydrogens (tertiary/aromatic N) is 2. The van der Waals surface area contributed by atoms with Crippen molar-refractivity contribution in [3.8, 4) is 5.75 Å². The molecule has 1 amide bonds. The number of hydrogen-bond donors (Lipinski definition) is 1. The van der Waals surface area contributed by atoms with E-state index in [0.717, 1.165) is 10.4 Å². The normalized spacial score (nSPS) is 10.9. The number of thiophene rings is 1. The molecule has 7 nitrogen and oxygen atoms in total. The Kier molecular flexibility index (Phi) is 5.69. The first kappa shape index (κ1) is 19.9. The summed E-state index contributed by atoms with van der Waals surface area (Å²) in [6.45, 7) is 9.95. The van der Waals surface area contributed by atoms with Gasteiger partial charge in [-0.25, -0.2) is 9.78 Å². The van der Waals surface area contributed by atoms with Crippen LogP contribution in [-0.2, 0) is 4.74 Å². The van der Waals surface area contributed by atoms with E-state index in [1.54, 1.807) is 30.5 Å². The summed E-state index contributed by atoms with van der Waals surface area (Å²) in [7, 11) is 0. The number of hydrogen-bond acceptors (Lipinski definition) is 6. The zero-order valence-corrected chi connectivity index (χ0v) is 17.4. The Morgan fingerprint density at radius 3 is 2.64 bits per heavy atom. The van der Waals surface area contributed by atoms with Gasteiger partial charge in [-0.3, -0.25) is 9.20 Å². The fourth-order valence-electron chi connectivity index (χ4n) is 3.02. The van der Waals surface area contributed by atoms with Gasteiger partial charge in [-0.05, 0) is 52.3 Å². The van der Waals surface area contributed by atoms with Gasteiger partial charge in [0.05, 0.1) is 24.5 Å². The summed E-state index contributed by atoms with van der Waals surface area (Å²) in [4.78, 5) is 30.9. The molecule has 28 heavy (non-hydrogen) atoms. The van der Waals surface area contributed by atoms with Crippen LogP contribution in [0.25, 0.3) is 5.65 Å². The lowest BCUT2D eigenvalue weighted by atomic mass is 10.1. The van der Waals surface area contributed by atoms with Gasteiger partial charge in [0.15, 0.2) is 11.4 Å². The maximum absolute atomic E-state index is 13.1. The molecule has 0 atom stereocenters. The van der Waals surface area contributed by atoms with Crippen molar-refractivity contribution in [3.63, 3.8) is 0 Å². The lowest BCUT2D eigenvalue weighted by Crippen LogP contribution is -2.17. The largest absolute Gasteiger partial charge is 0.490 e. The van der Waals surface area contributed by atoms with Gasteiger partial charge in [-0.15, -0.1) is 11.3 Å². The Labute approximate surface area is 167 Å². The SMILES string of the molecule is CCOC(=O)c1c(NC(=O)c2c(C)nc3c(OCC)cccn23)sc(C)c1C. The lowest BCUT2D eigenvalue weighted by Gasteiger charge is -2.08. The van der Waals surface area contributed by atoms with Gasteiger partial charge >= 0.3 is 5.97 Å². The third kappa shape index (κ3) is 3.47. The molecule has 0 aliphatic heterocycles. The molecule has 8 heteroatoms. The minimum absolute atomic E-state index is 0.271. The van der Waals surface area contributed by atoms with E-state index in [4.69, 9.17) is 9.47 Å². The van der Waals surface area contributed by atoms with E-state index in [-0.39, 0.29) is 12.5 Å². The number of aromatic nitrogens is 2. The second kappa shape index (κ2) is 8.02. The van der Waals surface area contributed by atoms with E-state index in [1.807, 2.05) is 26.8 Å². The molecule has 0 saturated heterocycles. The summed E-state index contributed by atoms with van der Waals surface area (Å²) >= 11 is 1.36. The second-order valence-electron chi connectivity index (χ2n) is 6.21. The summed E-state index contributed by atoms with van der Waals surface area (Å²) in [5, 5.41) is 3.36. The summed E-state index contributed by atoms with van der Waals surface area (Å²) < 4.78 is 12.5. The van der Waals surface area contributed by atoms with Crippen LogP contribution in [0.3, 0.4) is 0 Å². The van der Waals surface area contributed by atoms with E-state index < -0.39 is 5.97 Å². The number of nitrogens with one attached hydrogen (secondary N) is 1. The van der Waals surface area contributed by atoms with Crippen LogP contribution in [0.1, 0.15) is 50.8 Å². The highest BCUT2D eigenvalue weighted by molar-refractivity contribution is 7.16. The zero-order chi connectivity index (χ0) is 20.4. The Hall–Kier alpha value is -2.87. The first-order valence-electron chi connectivity index (χ1n) is 9.07. The van der Waals surface area contributed by atoms with Crippen LogP contribution < -0.4 is 10.1 Å². The van der Waals surface area contributed by atoms with Crippen LogP contribution in [0.5, 0.6) is 5.75 Å². The van der Waals surface area contributed by atoms with E-state index >= 15 is 0 Å². The standard InChI is InChI=1S/C20H23N3O4S/c1-6-26-14-9-8-10-23-16(12(4)21-17(14)23)18(24)22-19-15(20(25)27-7-2)11(3)13(5)28-19/h8-10H,6-7H2,1-5H3,(H,22,24). The van der Waals surface area contributed by atoms with Gasteiger partial charge in [0, 0.05) is 11.1 Å². The van der Waals surface area contributed by atoms with Crippen LogP contribution in [-0.4, -0.2) is 34.5 Å². The molecule has 0 unspecified atom stereocenters. The third-order valence-corrected chi connectivity index (χ3v) is 5.52. The maximum Gasteiger partial charge on any atom is 0.341 e. The van der Waals surface area contributed by atoms with E-state index in [2.05, 4.69) is 10.3 Å². The molecular weight excluding hydrogens is 378 g/mol. The number of rotatable bonds is 6. The number of anilines is 1. The average molecular weight is 401 g/mol. The molecule has 0 aromatic carbocycles. The zero-order valence-electron chi connectivity index (χ0n) is 16.6. The molecular formula is C20H23N3O4S. The average Bonchev–Trinajstić information content (AvgIpc) is 3.12. The molecule has 3 aromatic heterocycles. The summed E-state index contributed by atoms with van der Waals surface area (Å²) in [5.41, 5.74) is 2.77. The lowest BCUT2D eigenvalue weighted by molar-refractivity contribution is 0.0527. The number of pyridine rings is 1. The minimum atomic E-state index is -0.437. The monoisotopic (exact) mass is 401 g/mol. The summed E-state index contributed by atoms with van der Waals surface area (Å²) in [6, 6.07) is 3.62. The van der Waals surface area contributed by atoms with Gasteiger partial charge < -0.3 is 14.8 Å². The van der Waals surface area contributed by atoms with Crippen molar-refractivity contribution in [3.05, 3.63) is 45.7 Å². The predicted molar refractivity (Wildman–Crippen MR) is 109 cm³/mol. The fourth-order valence-corrected chi connectivity index (χ4v) is 4.07. The van der Waals surface area contributed by atoms with Crippen molar-refractivity contribution in [2.75, 3.05) is 18.5 Å². The number of imidazole rings is 1. The number of aryl methyl sites for hydroxylation is 2. The fraction of sp³-hybridized carbons (Fsp3) is 0.350. The third-order valence-electron chi connectivity index (χ3n) is 4.40. The molecule has 0 aliphatic rings. The molecule has 0 bridgehead atoms. The highest BCUT2D eigenvalue weighted by atomic mass is 32.1. The second-order valence-corrected chi connectivity index (χ2v) is 7.43. The predicted octanol–water partition coefficient (Wildman–Crippen LogP) is 4.15. The van der Waals surface area contributed by atoms with Crippen LogP contribution in [0, 0.1) is 20.8 Å². The van der Waals surface area contributed by atoms with Crippen molar-refractivity contribution < 1.29 is 19.1 Å². The van der Waals surface area contributed by atoms with E-state index in [0.29, 0.717) is 40.0 Å². The number of ether oxygens (including phenoxy) is 2. The quantitative estimate of drug-likeness (QED) is 0.628. The molecule has 3 heterocycles. The first-order valence-corrected chi connectivity index (χ1v) is 9.89. The molecule has 0 saturated carbocycles. The van der Waals surface area contributed by atoms with Crippen molar-refractivity contribution in [2.45, 2.75) is 34.6 Å². The molecule has 3 aromatic rings. The maximum atomic E-state index is 13.1. The van der Waals surface area contributed by atoms with Crippen LogP contribution in [0.2, 0.25) is 0 Å². The minimum Gasteiger partial charge on any atom is -0.490 e. The van der Waals surface area contributed by atoms with Gasteiger partial charge in [0.25, 0.3) is 5.91 Å². The summed E-state index contributed by atoms with van der Waals surface area (Å²) in [5.74, 6) is -0.166. The molecule has 0 aliphatic carbocycles. The Morgan fingerprint density at radius 2 is 1.96 bits per heavy atom. The van der Waals surface area contributed by atoms with Gasteiger partial charge in [-0.1, -0.05) is 0 Å². The number of esters is 1. The number of carbonyl (C=O) groups is 2. The highest BCUT2D eigenvalue weighted by Gasteiger charge is 2.25. The van der Waals surface area contributed by atoms with Crippen LogP contribution in [0.4, 0.5) is 5.00 Å². The Bertz CT molecular complexity index is 1050. The first-order chi connectivity index (χ1) is 13.4. The molecule has 0 spiro atoms. The van der Waals surface area contributed by atoms with Gasteiger partial charge in [0.2, 0.25) is 0 Å². The summed E-state index contributed by atoms with van der Waals surface area (Å²) in [6.07, 6.45) is 1.77. The Balaban J connectivity index is 2.01. The number of fused-ring (bicyclic) bond motifs is 1. The van der Waals surface area contributed by atoms with Crippen molar-refractivity contribution in [1.29, 1.82) is 0 Å². The highest BCUT2D eigenvalue weighted by Crippen LogP contribution is 2.33. The van der Waals surface area contributed by atoms with Crippen LogP contribution >= 0.6 is 11.3 Å². The van der Waals surface area contributed by atoms with Crippen molar-refractivity contribution >= 4 is 33.9 Å². The van der Waals surface area contributed by atoms with Gasteiger partial charge in [0.1, 0.15) is 10.7 Å². The number of amides is 1. The van der Waals surface area contributed by atoms with E-state index in [9.17, 15) is 9.59 Å². The Morgan fingerprint density at radius 1 is 1.21 bits per heavy atom. The topological polar surface area (TPSA) is 81.9 Å².